The Hall–Kier alpha value is -3.39. The van der Waals surface area contributed by atoms with Crippen LogP contribution in [0.4, 0.5) is 0 Å². The molecule has 3 atom stereocenters. The number of nitrogens with zero attached hydrogens (tertiary/aromatic N) is 2. The van der Waals surface area contributed by atoms with Crippen LogP contribution in [0, 0.1) is 0 Å². The number of rotatable bonds is 1. The van der Waals surface area contributed by atoms with Gasteiger partial charge in [-0.15, -0.1) is 0 Å². The zero-order valence-electron chi connectivity index (χ0n) is 16.1. The van der Waals surface area contributed by atoms with Gasteiger partial charge in [0.05, 0.1) is 12.0 Å². The lowest BCUT2D eigenvalue weighted by molar-refractivity contribution is -0.731. The number of aromatic nitrogens is 2. The molecule has 3 unspecified atom stereocenters. The van der Waals surface area contributed by atoms with Gasteiger partial charge in [0.2, 0.25) is 0 Å². The molecular formula is C27H21N2+. The van der Waals surface area contributed by atoms with Crippen LogP contribution in [-0.2, 0) is 0 Å². The Morgan fingerprint density at radius 1 is 0.655 bits per heavy atom. The lowest BCUT2D eigenvalue weighted by atomic mass is 9.71. The van der Waals surface area contributed by atoms with Crippen LogP contribution in [0.15, 0.2) is 97.2 Å². The molecule has 3 aliphatic rings. The summed E-state index contributed by atoms with van der Waals surface area (Å²) in [5.41, 5.74) is 7.15. The van der Waals surface area contributed by atoms with Crippen molar-refractivity contribution in [3.8, 4) is 0 Å². The van der Waals surface area contributed by atoms with E-state index in [0.29, 0.717) is 18.0 Å². The molecule has 29 heavy (non-hydrogen) atoms. The third-order valence-corrected chi connectivity index (χ3v) is 7.07. The van der Waals surface area contributed by atoms with Crippen molar-refractivity contribution in [1.29, 1.82) is 0 Å². The third kappa shape index (κ3) is 1.94. The number of benzene rings is 3. The highest BCUT2D eigenvalue weighted by molar-refractivity contribution is 6.08. The standard InChI is InChI=1S/C27H21N2/c1-2-12-21-20(11-1)25-17-26(27(21)24-15-7-8-16-28(24)25)29-22-13-5-3-9-18(22)19-10-4-6-14-23(19)29/h1-16,25-27H,17H2/q+1. The van der Waals surface area contributed by atoms with Crippen molar-refractivity contribution in [2.75, 3.05) is 0 Å². The van der Waals surface area contributed by atoms with Gasteiger partial charge in [0, 0.05) is 45.9 Å². The van der Waals surface area contributed by atoms with Crippen molar-refractivity contribution in [2.24, 2.45) is 0 Å². The van der Waals surface area contributed by atoms with Gasteiger partial charge in [-0.2, -0.15) is 4.57 Å². The van der Waals surface area contributed by atoms with Crippen LogP contribution in [0.1, 0.15) is 41.2 Å². The molecule has 0 fully saturated rings. The van der Waals surface area contributed by atoms with E-state index in [1.165, 1.54) is 38.6 Å². The molecule has 0 N–H and O–H groups in total. The molecule has 3 aromatic carbocycles. The van der Waals surface area contributed by atoms with E-state index in [4.69, 9.17) is 0 Å². The minimum atomic E-state index is 0.372. The minimum absolute atomic E-state index is 0.372. The minimum Gasteiger partial charge on any atom is -0.336 e. The summed E-state index contributed by atoms with van der Waals surface area (Å²) in [4.78, 5) is 0. The summed E-state index contributed by atoms with van der Waals surface area (Å²) in [7, 11) is 0. The second-order valence-electron chi connectivity index (χ2n) is 8.36. The van der Waals surface area contributed by atoms with E-state index in [0.717, 1.165) is 6.42 Å². The summed E-state index contributed by atoms with van der Waals surface area (Å²) in [6.07, 6.45) is 3.40. The molecule has 1 aliphatic carbocycles. The Morgan fingerprint density at radius 3 is 2.03 bits per heavy atom. The molecule has 138 valence electrons. The van der Waals surface area contributed by atoms with Crippen molar-refractivity contribution in [3.05, 3.63) is 114 Å². The summed E-state index contributed by atoms with van der Waals surface area (Å²) in [6.45, 7) is 0. The smallest absolute Gasteiger partial charge is 0.191 e. The Kier molecular flexibility index (Phi) is 2.98. The Balaban J connectivity index is 1.57. The summed E-state index contributed by atoms with van der Waals surface area (Å²) in [5.74, 6) is 0.372. The number of hydrogen-bond acceptors (Lipinski definition) is 0. The van der Waals surface area contributed by atoms with E-state index in [9.17, 15) is 0 Å². The zero-order chi connectivity index (χ0) is 18.9. The van der Waals surface area contributed by atoms with Crippen molar-refractivity contribution in [3.63, 3.8) is 0 Å². The van der Waals surface area contributed by atoms with Gasteiger partial charge in [-0.1, -0.05) is 66.7 Å². The van der Waals surface area contributed by atoms with Crippen LogP contribution < -0.4 is 4.57 Å². The summed E-state index contributed by atoms with van der Waals surface area (Å²) >= 11 is 0. The van der Waals surface area contributed by atoms with E-state index in [1.54, 1.807) is 0 Å². The Bertz CT molecular complexity index is 1310. The topological polar surface area (TPSA) is 8.81 Å². The first kappa shape index (κ1) is 15.5. The molecule has 2 bridgehead atoms. The normalized spacial score (nSPS) is 22.0. The average molecular weight is 373 g/mol. The van der Waals surface area contributed by atoms with E-state index in [-0.39, 0.29) is 0 Å². The van der Waals surface area contributed by atoms with E-state index >= 15 is 0 Å². The largest absolute Gasteiger partial charge is 0.336 e. The molecular weight excluding hydrogens is 352 g/mol. The van der Waals surface area contributed by atoms with Gasteiger partial charge in [-0.3, -0.25) is 0 Å². The van der Waals surface area contributed by atoms with Crippen molar-refractivity contribution in [1.82, 2.24) is 4.57 Å². The lowest BCUT2D eigenvalue weighted by Crippen LogP contribution is -2.54. The molecule has 0 radical (unpaired) electrons. The first-order valence-electron chi connectivity index (χ1n) is 10.5. The highest BCUT2D eigenvalue weighted by Crippen LogP contribution is 2.52. The van der Waals surface area contributed by atoms with Gasteiger partial charge in [-0.05, 0) is 17.7 Å². The molecule has 0 saturated carbocycles. The van der Waals surface area contributed by atoms with Gasteiger partial charge in [0.1, 0.15) is 0 Å². The van der Waals surface area contributed by atoms with Gasteiger partial charge < -0.3 is 4.57 Å². The monoisotopic (exact) mass is 373 g/mol. The molecule has 2 heteroatoms. The van der Waals surface area contributed by atoms with Crippen LogP contribution in [0.3, 0.4) is 0 Å². The lowest BCUT2D eigenvalue weighted by Gasteiger charge is -2.41. The van der Waals surface area contributed by atoms with Gasteiger partial charge >= 0.3 is 0 Å². The summed E-state index contributed by atoms with van der Waals surface area (Å²) in [5, 5.41) is 2.72. The maximum atomic E-state index is 2.63. The Labute approximate surface area is 169 Å². The van der Waals surface area contributed by atoms with Gasteiger partial charge in [0.25, 0.3) is 0 Å². The third-order valence-electron chi connectivity index (χ3n) is 7.07. The quantitative estimate of drug-likeness (QED) is 0.330. The van der Waals surface area contributed by atoms with E-state index in [2.05, 4.69) is 106 Å². The van der Waals surface area contributed by atoms with Crippen molar-refractivity contribution < 1.29 is 4.57 Å². The molecule has 2 aliphatic heterocycles. The van der Waals surface area contributed by atoms with Crippen LogP contribution in [0.25, 0.3) is 21.8 Å². The van der Waals surface area contributed by atoms with Crippen LogP contribution in [0.2, 0.25) is 0 Å². The van der Waals surface area contributed by atoms with E-state index < -0.39 is 0 Å². The molecule has 4 heterocycles. The SMILES string of the molecule is c1ccc2c(c1)C1c3cccc[n+]3C2CC1n1c2ccccc2c2ccccc21. The van der Waals surface area contributed by atoms with Crippen molar-refractivity contribution >= 4 is 21.8 Å². The molecule has 0 amide bonds. The fraction of sp³-hybridized carbons (Fsp3) is 0.148. The highest BCUT2D eigenvalue weighted by atomic mass is 15.1. The van der Waals surface area contributed by atoms with E-state index in [1.807, 2.05) is 0 Å². The number of fused-ring (bicyclic) bond motifs is 4. The zero-order valence-corrected chi connectivity index (χ0v) is 16.1. The van der Waals surface area contributed by atoms with Crippen molar-refractivity contribution in [2.45, 2.75) is 24.4 Å². The first-order chi connectivity index (χ1) is 14.4. The maximum absolute atomic E-state index is 2.63. The molecule has 0 saturated heterocycles. The predicted molar refractivity (Wildman–Crippen MR) is 116 cm³/mol. The molecule has 8 rings (SSSR count). The second-order valence-corrected chi connectivity index (χ2v) is 8.36. The first-order valence-corrected chi connectivity index (χ1v) is 10.5. The fourth-order valence-electron chi connectivity index (χ4n) is 6.00. The molecule has 2 aromatic heterocycles. The predicted octanol–water partition coefficient (Wildman–Crippen LogP) is 5.76. The average Bonchev–Trinajstić information content (AvgIpc) is 3.13. The summed E-state index contributed by atoms with van der Waals surface area (Å²) in [6, 6.07) is 34.4. The maximum Gasteiger partial charge on any atom is 0.191 e. The van der Waals surface area contributed by atoms with Crippen LogP contribution in [0.5, 0.6) is 0 Å². The molecule has 0 spiro atoms. The number of para-hydroxylation sites is 2. The fourth-order valence-corrected chi connectivity index (χ4v) is 6.00. The number of hydrogen-bond donors (Lipinski definition) is 0. The second kappa shape index (κ2) is 5.57. The van der Waals surface area contributed by atoms with Crippen LogP contribution in [-0.4, -0.2) is 4.57 Å². The van der Waals surface area contributed by atoms with Gasteiger partial charge in [-0.25, -0.2) is 0 Å². The highest BCUT2D eigenvalue weighted by Gasteiger charge is 2.50. The van der Waals surface area contributed by atoms with Crippen LogP contribution >= 0.6 is 0 Å². The molecule has 2 nitrogen and oxygen atoms in total. The Morgan fingerprint density at radius 2 is 1.28 bits per heavy atom. The molecule has 5 aromatic rings. The number of pyridine rings is 1. The summed E-state index contributed by atoms with van der Waals surface area (Å²) < 4.78 is 5.14. The van der Waals surface area contributed by atoms with Gasteiger partial charge in [0.15, 0.2) is 17.9 Å².